The van der Waals surface area contributed by atoms with Crippen molar-refractivity contribution in [1.82, 2.24) is 9.80 Å². The molecule has 1 unspecified atom stereocenters. The lowest BCUT2D eigenvalue weighted by Gasteiger charge is -2.18. The van der Waals surface area contributed by atoms with Crippen molar-refractivity contribution in [3.05, 3.63) is 0 Å². The summed E-state index contributed by atoms with van der Waals surface area (Å²) >= 11 is 6.39. The lowest BCUT2D eigenvalue weighted by molar-refractivity contribution is -0.129. The second kappa shape index (κ2) is 4.75. The predicted octanol–water partition coefficient (Wildman–Crippen LogP) is -0.0242. The Morgan fingerprint density at radius 3 is 2.86 bits per heavy atom. The summed E-state index contributed by atoms with van der Waals surface area (Å²) in [4.78, 5) is 25.2. The number of likely N-dealkylation sites (N-methyl/N-ethyl adjacent to an activating group) is 1. The van der Waals surface area contributed by atoms with E-state index in [0.717, 1.165) is 6.29 Å². The van der Waals surface area contributed by atoms with Crippen LogP contribution in [-0.2, 0) is 9.59 Å². The molecule has 1 rings (SSSR count). The van der Waals surface area contributed by atoms with Gasteiger partial charge in [0.05, 0.1) is 11.8 Å². The maximum Gasteiger partial charge on any atom is 0.241 e. The van der Waals surface area contributed by atoms with Crippen molar-refractivity contribution in [3.63, 3.8) is 0 Å². The van der Waals surface area contributed by atoms with Crippen molar-refractivity contribution in [2.24, 2.45) is 0 Å². The van der Waals surface area contributed by atoms with Crippen molar-refractivity contribution in [2.45, 2.75) is 5.25 Å². The maximum absolute atomic E-state index is 11.4. The molecule has 1 amide bonds. The Kier molecular flexibility index (Phi) is 3.88. The summed E-state index contributed by atoms with van der Waals surface area (Å²) in [6.07, 6.45) is 0.872. The van der Waals surface area contributed by atoms with Crippen molar-refractivity contribution in [3.8, 4) is 0 Å². The van der Waals surface area contributed by atoms with Gasteiger partial charge >= 0.3 is 0 Å². The molecule has 1 aliphatic heterocycles. The predicted molar refractivity (Wildman–Crippen MR) is 60.3 cm³/mol. The number of carbonyl (C=O) groups excluding carboxylic acids is 2. The molecule has 0 aliphatic carbocycles. The van der Waals surface area contributed by atoms with Crippen LogP contribution < -0.4 is 0 Å². The molecule has 0 aromatic carbocycles. The van der Waals surface area contributed by atoms with Crippen molar-refractivity contribution < 1.29 is 9.59 Å². The van der Waals surface area contributed by atoms with Gasteiger partial charge in [0.25, 0.3) is 0 Å². The topological polar surface area (TPSA) is 40.6 Å². The van der Waals surface area contributed by atoms with Crippen LogP contribution in [0.1, 0.15) is 0 Å². The second-order valence-corrected chi connectivity index (χ2v) is 5.10. The first-order valence-electron chi connectivity index (χ1n) is 4.15. The van der Waals surface area contributed by atoms with Crippen LogP contribution in [-0.4, -0.2) is 58.7 Å². The zero-order valence-electron chi connectivity index (χ0n) is 8.10. The molecule has 1 aliphatic rings. The van der Waals surface area contributed by atoms with Gasteiger partial charge in [-0.25, -0.2) is 0 Å². The molecule has 78 valence electrons. The number of amides is 1. The molecule has 0 bridgehead atoms. The Morgan fingerprint density at radius 1 is 1.79 bits per heavy atom. The molecule has 1 atom stereocenters. The van der Waals surface area contributed by atoms with Gasteiger partial charge in [0.15, 0.2) is 0 Å². The fourth-order valence-electron chi connectivity index (χ4n) is 1.04. The van der Waals surface area contributed by atoms with Gasteiger partial charge in [-0.3, -0.25) is 4.79 Å². The van der Waals surface area contributed by atoms with Crippen LogP contribution in [0.2, 0.25) is 0 Å². The number of nitrogens with zero attached hydrogens (tertiary/aromatic N) is 2. The molecule has 1 heterocycles. The minimum absolute atomic E-state index is 0.000464. The zero-order chi connectivity index (χ0) is 10.7. The third-order valence-electron chi connectivity index (χ3n) is 1.89. The van der Waals surface area contributed by atoms with E-state index >= 15 is 0 Å². The Hall–Kier alpha value is -0.620. The van der Waals surface area contributed by atoms with Crippen LogP contribution in [0.3, 0.4) is 0 Å². The van der Waals surface area contributed by atoms with E-state index in [1.54, 1.807) is 19.0 Å². The number of thioether (sulfide) groups is 1. The quantitative estimate of drug-likeness (QED) is 0.505. The molecule has 0 N–H and O–H groups in total. The van der Waals surface area contributed by atoms with Crippen molar-refractivity contribution in [1.29, 1.82) is 0 Å². The summed E-state index contributed by atoms with van der Waals surface area (Å²) < 4.78 is 0.636. The standard InChI is InChI=1S/C8H12N2O2S2/c1-9(2)7(12)4-10-3-6(5-11)14-8(10)13/h5-6H,3-4H2,1-2H3. The van der Waals surface area contributed by atoms with Crippen molar-refractivity contribution in [2.75, 3.05) is 27.2 Å². The maximum atomic E-state index is 11.4. The SMILES string of the molecule is CN(C)C(=O)CN1CC(C=O)SC1=S. The Bertz CT molecular complexity index is 268. The number of rotatable bonds is 3. The molecule has 4 nitrogen and oxygen atoms in total. The van der Waals surface area contributed by atoms with E-state index in [2.05, 4.69) is 0 Å². The smallest absolute Gasteiger partial charge is 0.241 e. The number of thiocarbonyl (C=S) groups is 1. The molecule has 0 radical (unpaired) electrons. The zero-order valence-corrected chi connectivity index (χ0v) is 9.73. The number of aldehydes is 1. The van der Waals surface area contributed by atoms with E-state index < -0.39 is 0 Å². The average Bonchev–Trinajstić information content (AvgIpc) is 2.47. The molecular weight excluding hydrogens is 220 g/mol. The number of hydrogen-bond acceptors (Lipinski definition) is 4. The molecule has 0 aromatic rings. The summed E-state index contributed by atoms with van der Waals surface area (Å²) in [5, 5.41) is -0.113. The lowest BCUT2D eigenvalue weighted by Crippen LogP contribution is -2.37. The summed E-state index contributed by atoms with van der Waals surface area (Å²) in [5.41, 5.74) is 0. The fraction of sp³-hybridized carbons (Fsp3) is 0.625. The van der Waals surface area contributed by atoms with E-state index in [4.69, 9.17) is 12.2 Å². The molecule has 1 saturated heterocycles. The van der Waals surface area contributed by atoms with Gasteiger partial charge in [0.2, 0.25) is 5.91 Å². The summed E-state index contributed by atoms with van der Waals surface area (Å²) in [5.74, 6) is -0.000464. The summed E-state index contributed by atoms with van der Waals surface area (Å²) in [6.45, 7) is 0.815. The van der Waals surface area contributed by atoms with E-state index in [1.165, 1.54) is 16.7 Å². The van der Waals surface area contributed by atoms with Gasteiger partial charge < -0.3 is 14.6 Å². The van der Waals surface area contributed by atoms with Gasteiger partial charge in [-0.15, -0.1) is 0 Å². The normalized spacial score (nSPS) is 21.1. The molecular formula is C8H12N2O2S2. The first kappa shape index (κ1) is 11.5. The molecule has 0 aromatic heterocycles. The monoisotopic (exact) mass is 232 g/mol. The Morgan fingerprint density at radius 2 is 2.43 bits per heavy atom. The van der Waals surface area contributed by atoms with Gasteiger partial charge in [-0.1, -0.05) is 24.0 Å². The highest BCUT2D eigenvalue weighted by molar-refractivity contribution is 8.24. The minimum atomic E-state index is -0.113. The van der Waals surface area contributed by atoms with E-state index in [0.29, 0.717) is 10.9 Å². The van der Waals surface area contributed by atoms with E-state index in [-0.39, 0.29) is 17.7 Å². The first-order chi connectivity index (χ1) is 6.54. The van der Waals surface area contributed by atoms with Crippen LogP contribution in [0.5, 0.6) is 0 Å². The van der Waals surface area contributed by atoms with Gasteiger partial charge in [0, 0.05) is 20.6 Å². The van der Waals surface area contributed by atoms with Crippen LogP contribution >= 0.6 is 24.0 Å². The minimum Gasteiger partial charge on any atom is -0.347 e. The first-order valence-corrected chi connectivity index (χ1v) is 5.44. The van der Waals surface area contributed by atoms with Crippen LogP contribution in [0.25, 0.3) is 0 Å². The van der Waals surface area contributed by atoms with Crippen LogP contribution in [0.15, 0.2) is 0 Å². The Balaban J connectivity index is 2.50. The third kappa shape index (κ3) is 2.68. The van der Waals surface area contributed by atoms with E-state index in [9.17, 15) is 9.59 Å². The molecule has 0 saturated carbocycles. The number of carbonyl (C=O) groups is 2. The van der Waals surface area contributed by atoms with Crippen LogP contribution in [0.4, 0.5) is 0 Å². The average molecular weight is 232 g/mol. The van der Waals surface area contributed by atoms with Gasteiger partial charge in [-0.05, 0) is 0 Å². The highest BCUT2D eigenvalue weighted by atomic mass is 32.2. The molecule has 1 fully saturated rings. The van der Waals surface area contributed by atoms with Crippen molar-refractivity contribution >= 4 is 40.5 Å². The second-order valence-electron chi connectivity index (χ2n) is 3.23. The highest BCUT2D eigenvalue weighted by Crippen LogP contribution is 2.23. The summed E-state index contributed by atoms with van der Waals surface area (Å²) in [7, 11) is 3.40. The van der Waals surface area contributed by atoms with Gasteiger partial charge in [-0.2, -0.15) is 0 Å². The molecule has 6 heteroatoms. The van der Waals surface area contributed by atoms with Crippen LogP contribution in [0, 0.1) is 0 Å². The van der Waals surface area contributed by atoms with E-state index in [1.807, 2.05) is 0 Å². The number of hydrogen-bond donors (Lipinski definition) is 0. The third-order valence-corrected chi connectivity index (χ3v) is 3.46. The highest BCUT2D eigenvalue weighted by Gasteiger charge is 2.28. The fourth-order valence-corrected chi connectivity index (χ4v) is 2.40. The molecule has 14 heavy (non-hydrogen) atoms. The lowest BCUT2D eigenvalue weighted by atomic mass is 10.4. The molecule has 0 spiro atoms. The Labute approximate surface area is 92.6 Å². The largest absolute Gasteiger partial charge is 0.347 e. The van der Waals surface area contributed by atoms with Gasteiger partial charge in [0.1, 0.15) is 10.6 Å². The summed E-state index contributed by atoms with van der Waals surface area (Å²) in [6, 6.07) is 0.